The van der Waals surface area contributed by atoms with Gasteiger partial charge in [0.2, 0.25) is 5.91 Å². The number of methoxy groups -OCH3 is 1. The first kappa shape index (κ1) is 16.0. The van der Waals surface area contributed by atoms with E-state index >= 15 is 0 Å². The summed E-state index contributed by atoms with van der Waals surface area (Å²) in [4.78, 5) is 26.7. The minimum Gasteiger partial charge on any atom is -0.496 e. The van der Waals surface area contributed by atoms with Gasteiger partial charge in [-0.05, 0) is 50.8 Å². The van der Waals surface area contributed by atoms with Gasteiger partial charge in [0.25, 0.3) is 0 Å². The fourth-order valence-electron chi connectivity index (χ4n) is 3.63. The molecule has 2 aliphatic rings. The Hall–Kier alpha value is -1.84. The molecule has 4 nitrogen and oxygen atoms in total. The number of benzene rings is 1. The predicted molar refractivity (Wildman–Crippen MR) is 88.8 cm³/mol. The van der Waals surface area contributed by atoms with E-state index in [1.54, 1.807) is 32.2 Å². The number of ketones is 1. The smallest absolute Gasteiger partial charge is 0.227 e. The highest BCUT2D eigenvalue weighted by Crippen LogP contribution is 2.35. The molecule has 124 valence electrons. The second kappa shape index (κ2) is 6.73. The topological polar surface area (TPSA) is 46.6 Å². The first-order chi connectivity index (χ1) is 11.1. The quantitative estimate of drug-likeness (QED) is 0.756. The largest absolute Gasteiger partial charge is 0.496 e. The van der Waals surface area contributed by atoms with Crippen molar-refractivity contribution in [2.24, 2.45) is 0 Å². The molecule has 0 aromatic heterocycles. The van der Waals surface area contributed by atoms with Crippen LogP contribution >= 0.6 is 0 Å². The number of ether oxygens (including phenoxy) is 1. The lowest BCUT2D eigenvalue weighted by atomic mass is 10.0. The number of carbonyl (C=O) groups excluding carboxylic acids is 2. The minimum atomic E-state index is 0.0104. The van der Waals surface area contributed by atoms with Crippen LogP contribution in [-0.4, -0.2) is 35.8 Å². The Morgan fingerprint density at radius 2 is 1.78 bits per heavy atom. The number of Topliss-reactive ketones (excluding diaryl/α,β-unsaturated/α-hetero) is 1. The Kier molecular flexibility index (Phi) is 4.69. The van der Waals surface area contributed by atoms with E-state index < -0.39 is 0 Å². The summed E-state index contributed by atoms with van der Waals surface area (Å²) in [6.07, 6.45) is 7.30. The first-order valence-electron chi connectivity index (χ1n) is 8.59. The molecule has 4 heteroatoms. The van der Waals surface area contributed by atoms with Gasteiger partial charge in [-0.25, -0.2) is 0 Å². The van der Waals surface area contributed by atoms with Crippen molar-refractivity contribution in [2.75, 3.05) is 7.11 Å². The Balaban J connectivity index is 1.80. The molecule has 3 rings (SSSR count). The number of nitrogens with zero attached hydrogens (tertiary/aromatic N) is 1. The predicted octanol–water partition coefficient (Wildman–Crippen LogP) is 3.37. The van der Waals surface area contributed by atoms with Crippen LogP contribution in [0.4, 0.5) is 0 Å². The van der Waals surface area contributed by atoms with Crippen LogP contribution in [0.3, 0.4) is 0 Å². The van der Waals surface area contributed by atoms with E-state index in [2.05, 4.69) is 4.90 Å². The molecule has 2 saturated carbocycles. The third-order valence-electron chi connectivity index (χ3n) is 4.97. The third-order valence-corrected chi connectivity index (χ3v) is 4.97. The third kappa shape index (κ3) is 3.57. The van der Waals surface area contributed by atoms with Gasteiger partial charge in [0.1, 0.15) is 5.75 Å². The van der Waals surface area contributed by atoms with Crippen LogP contribution in [0.1, 0.15) is 61.4 Å². The molecule has 23 heavy (non-hydrogen) atoms. The fourth-order valence-corrected chi connectivity index (χ4v) is 3.63. The lowest BCUT2D eigenvalue weighted by molar-refractivity contribution is -0.133. The van der Waals surface area contributed by atoms with Crippen LogP contribution < -0.4 is 4.74 Å². The molecule has 2 aliphatic carbocycles. The summed E-state index contributed by atoms with van der Waals surface area (Å²) >= 11 is 0. The molecule has 0 atom stereocenters. The highest BCUT2D eigenvalue weighted by Gasteiger charge is 2.38. The number of carbonyl (C=O) groups is 2. The Bertz CT molecular complexity index is 601. The highest BCUT2D eigenvalue weighted by atomic mass is 16.5. The molecule has 0 aliphatic heterocycles. The van der Waals surface area contributed by atoms with Crippen LogP contribution in [-0.2, 0) is 11.2 Å². The number of amides is 1. The van der Waals surface area contributed by atoms with Crippen LogP contribution in [0.25, 0.3) is 0 Å². The van der Waals surface area contributed by atoms with Crippen LogP contribution in [0.5, 0.6) is 5.75 Å². The molecule has 0 radical (unpaired) electrons. The van der Waals surface area contributed by atoms with Gasteiger partial charge < -0.3 is 9.64 Å². The summed E-state index contributed by atoms with van der Waals surface area (Å²) in [5.74, 6) is 0.875. The van der Waals surface area contributed by atoms with Crippen molar-refractivity contribution in [2.45, 2.75) is 64.0 Å². The van der Waals surface area contributed by atoms with Gasteiger partial charge in [0, 0.05) is 23.2 Å². The average Bonchev–Trinajstić information content (AvgIpc) is 3.21. The zero-order valence-corrected chi connectivity index (χ0v) is 14.0. The second-order valence-electron chi connectivity index (χ2n) is 6.73. The van der Waals surface area contributed by atoms with Gasteiger partial charge in [0.05, 0.1) is 13.5 Å². The Morgan fingerprint density at radius 1 is 1.13 bits per heavy atom. The van der Waals surface area contributed by atoms with E-state index in [4.69, 9.17) is 4.74 Å². The summed E-state index contributed by atoms with van der Waals surface area (Å²) < 4.78 is 5.38. The summed E-state index contributed by atoms with van der Waals surface area (Å²) in [6, 6.07) is 6.20. The summed E-state index contributed by atoms with van der Waals surface area (Å²) in [5.41, 5.74) is 1.45. The molecular formula is C19H25NO3. The molecule has 0 saturated heterocycles. The fraction of sp³-hybridized carbons (Fsp3) is 0.579. The van der Waals surface area contributed by atoms with Crippen molar-refractivity contribution in [3.8, 4) is 5.75 Å². The van der Waals surface area contributed by atoms with Gasteiger partial charge in [-0.2, -0.15) is 0 Å². The molecule has 0 N–H and O–H groups in total. The van der Waals surface area contributed by atoms with E-state index in [0.29, 0.717) is 29.8 Å². The van der Waals surface area contributed by atoms with Gasteiger partial charge in [0.15, 0.2) is 5.78 Å². The Labute approximate surface area is 137 Å². The minimum absolute atomic E-state index is 0.0104. The second-order valence-corrected chi connectivity index (χ2v) is 6.73. The molecule has 1 aromatic carbocycles. The first-order valence-corrected chi connectivity index (χ1v) is 8.59. The van der Waals surface area contributed by atoms with Gasteiger partial charge in [-0.15, -0.1) is 0 Å². The maximum Gasteiger partial charge on any atom is 0.227 e. The Morgan fingerprint density at radius 3 is 2.35 bits per heavy atom. The van der Waals surface area contributed by atoms with E-state index in [1.165, 1.54) is 12.8 Å². The van der Waals surface area contributed by atoms with Gasteiger partial charge >= 0.3 is 0 Å². The van der Waals surface area contributed by atoms with Crippen molar-refractivity contribution in [1.82, 2.24) is 4.90 Å². The number of hydrogen-bond acceptors (Lipinski definition) is 3. The van der Waals surface area contributed by atoms with Crippen LogP contribution in [0.15, 0.2) is 18.2 Å². The average molecular weight is 315 g/mol. The molecule has 0 bridgehead atoms. The van der Waals surface area contributed by atoms with Crippen LogP contribution in [0, 0.1) is 0 Å². The highest BCUT2D eigenvalue weighted by molar-refractivity contribution is 5.94. The zero-order chi connectivity index (χ0) is 16.4. The molecule has 1 amide bonds. The maximum atomic E-state index is 12.9. The van der Waals surface area contributed by atoms with Crippen molar-refractivity contribution in [3.63, 3.8) is 0 Å². The van der Waals surface area contributed by atoms with Crippen molar-refractivity contribution >= 4 is 11.7 Å². The maximum absolute atomic E-state index is 12.9. The van der Waals surface area contributed by atoms with Gasteiger partial charge in [-0.3, -0.25) is 9.59 Å². The van der Waals surface area contributed by atoms with Crippen molar-refractivity contribution in [3.05, 3.63) is 29.3 Å². The zero-order valence-electron chi connectivity index (χ0n) is 14.0. The summed E-state index contributed by atoms with van der Waals surface area (Å²) in [6.45, 7) is 1.54. The van der Waals surface area contributed by atoms with E-state index in [-0.39, 0.29) is 11.7 Å². The molecule has 0 unspecified atom stereocenters. The van der Waals surface area contributed by atoms with Crippen molar-refractivity contribution in [1.29, 1.82) is 0 Å². The molecule has 1 aromatic rings. The molecule has 2 fully saturated rings. The van der Waals surface area contributed by atoms with E-state index in [9.17, 15) is 9.59 Å². The van der Waals surface area contributed by atoms with Crippen LogP contribution in [0.2, 0.25) is 0 Å². The van der Waals surface area contributed by atoms with E-state index in [1.807, 2.05) is 0 Å². The normalized spacial score (nSPS) is 18.0. The summed E-state index contributed by atoms with van der Waals surface area (Å²) in [7, 11) is 1.60. The number of rotatable bonds is 6. The van der Waals surface area contributed by atoms with Gasteiger partial charge in [-0.1, -0.05) is 12.8 Å². The summed E-state index contributed by atoms with van der Waals surface area (Å²) in [5, 5.41) is 0. The molecule has 0 spiro atoms. The molecule has 0 heterocycles. The van der Waals surface area contributed by atoms with Crippen molar-refractivity contribution < 1.29 is 14.3 Å². The SMILES string of the molecule is COc1ccc(C(C)=O)cc1CC(=O)N(C1CCCC1)C1CC1. The van der Waals surface area contributed by atoms with E-state index in [0.717, 1.165) is 31.2 Å². The monoisotopic (exact) mass is 315 g/mol. The molecular weight excluding hydrogens is 290 g/mol. The standard InChI is InChI=1S/C19H25NO3/c1-13(21)14-7-10-18(23-2)15(11-14)12-19(22)20(17-8-9-17)16-5-3-4-6-16/h7,10-11,16-17H,3-6,8-9,12H2,1-2H3. The number of hydrogen-bond donors (Lipinski definition) is 0. The lowest BCUT2D eigenvalue weighted by Crippen LogP contribution is -2.41. The lowest BCUT2D eigenvalue weighted by Gasteiger charge is -2.29.